The maximum atomic E-state index is 13.0. The lowest BCUT2D eigenvalue weighted by atomic mass is 10.1. The molecule has 1 heterocycles. The summed E-state index contributed by atoms with van der Waals surface area (Å²) in [7, 11) is -2.66. The maximum Gasteiger partial charge on any atom is 0.271 e. The largest absolute Gasteiger partial charge is 0.494 e. The van der Waals surface area contributed by atoms with E-state index in [1.54, 1.807) is 31.2 Å². The Morgan fingerprint density at radius 3 is 2.31 bits per heavy atom. The van der Waals surface area contributed by atoms with Gasteiger partial charge in [0.1, 0.15) is 15.8 Å². The maximum absolute atomic E-state index is 13.0. The summed E-state index contributed by atoms with van der Waals surface area (Å²) < 4.78 is 33.6. The summed E-state index contributed by atoms with van der Waals surface area (Å²) >= 11 is 6.09. The topological polar surface area (TPSA) is 98.6 Å². The van der Waals surface area contributed by atoms with E-state index in [9.17, 15) is 18.0 Å². The van der Waals surface area contributed by atoms with Crippen LogP contribution in [-0.4, -0.2) is 47.3 Å². The molecule has 0 radical (unpaired) electrons. The predicted molar refractivity (Wildman–Crippen MR) is 123 cm³/mol. The van der Waals surface area contributed by atoms with Gasteiger partial charge in [0.15, 0.2) is 5.78 Å². The number of unbranched alkanes of at least 4 members (excludes halogenated alkanes) is 2. The number of carbonyl (C=O) groups is 2. The number of hydrogen-bond donors (Lipinski definition) is 0. The van der Waals surface area contributed by atoms with Gasteiger partial charge in [0, 0.05) is 32.0 Å². The monoisotopic (exact) mass is 483 g/mol. The molecule has 176 valence electrons. The van der Waals surface area contributed by atoms with Gasteiger partial charge in [-0.3, -0.25) is 14.3 Å². The van der Waals surface area contributed by atoms with Crippen molar-refractivity contribution in [1.29, 1.82) is 0 Å². The Labute approximate surface area is 194 Å². The molecule has 0 aliphatic carbocycles. The lowest BCUT2D eigenvalue weighted by Gasteiger charge is -2.20. The lowest BCUT2D eigenvalue weighted by molar-refractivity contribution is -0.126. The summed E-state index contributed by atoms with van der Waals surface area (Å²) in [6.45, 7) is 5.73. The molecular weight excluding hydrogens is 454 g/mol. The van der Waals surface area contributed by atoms with Crippen molar-refractivity contribution >= 4 is 33.3 Å². The van der Waals surface area contributed by atoms with Crippen LogP contribution in [0.15, 0.2) is 29.2 Å². The molecule has 1 aromatic carbocycles. The van der Waals surface area contributed by atoms with Gasteiger partial charge < -0.3 is 4.74 Å². The van der Waals surface area contributed by atoms with Crippen molar-refractivity contribution in [3.8, 4) is 5.75 Å². The van der Waals surface area contributed by atoms with Crippen molar-refractivity contribution < 1.29 is 22.7 Å². The minimum Gasteiger partial charge on any atom is -0.494 e. The van der Waals surface area contributed by atoms with E-state index in [1.807, 2.05) is 0 Å². The Morgan fingerprint density at radius 1 is 1.12 bits per heavy atom. The van der Waals surface area contributed by atoms with Gasteiger partial charge in [-0.25, -0.2) is 12.7 Å². The number of sulfonamides is 1. The number of nitrogens with zero attached hydrogens (tertiary/aromatic N) is 3. The predicted octanol–water partition coefficient (Wildman–Crippen LogP) is 4.15. The molecule has 0 unspecified atom stereocenters. The summed E-state index contributed by atoms with van der Waals surface area (Å²) in [5.41, 5.74) is 0.646. The van der Waals surface area contributed by atoms with Crippen LogP contribution in [0.4, 0.5) is 0 Å². The van der Waals surface area contributed by atoms with Crippen molar-refractivity contribution in [2.45, 2.75) is 57.8 Å². The summed E-state index contributed by atoms with van der Waals surface area (Å²) in [4.78, 5) is 25.0. The number of rotatable bonds is 12. The van der Waals surface area contributed by atoms with Crippen LogP contribution in [0.25, 0.3) is 0 Å². The molecule has 0 aliphatic heterocycles. The molecule has 0 saturated heterocycles. The molecule has 0 bridgehead atoms. The average molecular weight is 484 g/mol. The minimum absolute atomic E-state index is 0.0678. The van der Waals surface area contributed by atoms with Crippen LogP contribution in [0.5, 0.6) is 5.75 Å². The molecule has 0 spiro atoms. The van der Waals surface area contributed by atoms with E-state index < -0.39 is 15.9 Å². The number of aryl methyl sites for hydroxylation is 2. The Morgan fingerprint density at radius 2 is 1.78 bits per heavy atom. The number of ketones is 1. The normalized spacial score (nSPS) is 11.4. The van der Waals surface area contributed by atoms with E-state index >= 15 is 0 Å². The quantitative estimate of drug-likeness (QED) is 0.332. The number of halogens is 1. The first-order chi connectivity index (χ1) is 15.1. The van der Waals surface area contributed by atoms with Crippen molar-refractivity contribution in [2.75, 3.05) is 13.2 Å². The SMILES string of the molecule is CCCCCOc1ccc(C(=O)CCC(=O)N(CC)S(=O)(=O)c2c(C)nn(C)c2Cl)cc1. The number of carbonyl (C=O) groups excluding carboxylic acids is 2. The summed E-state index contributed by atoms with van der Waals surface area (Å²) in [5.74, 6) is -0.239. The highest BCUT2D eigenvalue weighted by Gasteiger charge is 2.33. The minimum atomic E-state index is -4.18. The highest BCUT2D eigenvalue weighted by atomic mass is 35.5. The number of amides is 1. The number of ether oxygens (including phenoxy) is 1. The third-order valence-corrected chi connectivity index (χ3v) is 7.56. The van der Waals surface area contributed by atoms with Crippen molar-refractivity contribution in [2.24, 2.45) is 7.05 Å². The fourth-order valence-electron chi connectivity index (χ4n) is 3.26. The second kappa shape index (κ2) is 11.5. The summed E-state index contributed by atoms with van der Waals surface area (Å²) in [6.07, 6.45) is 2.84. The van der Waals surface area contributed by atoms with Gasteiger partial charge in [-0.1, -0.05) is 31.4 Å². The first kappa shape index (κ1) is 25.9. The molecule has 0 saturated carbocycles. The van der Waals surface area contributed by atoms with Crippen molar-refractivity contribution in [3.05, 3.63) is 40.7 Å². The van der Waals surface area contributed by atoms with Crippen molar-refractivity contribution in [1.82, 2.24) is 14.1 Å². The average Bonchev–Trinajstić information content (AvgIpc) is 3.02. The third kappa shape index (κ3) is 6.10. The Bertz CT molecular complexity index is 1050. The van der Waals surface area contributed by atoms with Crippen molar-refractivity contribution in [3.63, 3.8) is 0 Å². The molecule has 32 heavy (non-hydrogen) atoms. The van der Waals surface area contributed by atoms with Gasteiger partial charge >= 0.3 is 0 Å². The van der Waals surface area contributed by atoms with E-state index in [2.05, 4.69) is 12.0 Å². The molecule has 1 aromatic heterocycles. The van der Waals surface area contributed by atoms with Gasteiger partial charge in [-0.15, -0.1) is 0 Å². The Hall–Kier alpha value is -2.39. The zero-order chi connectivity index (χ0) is 23.9. The van der Waals surface area contributed by atoms with Gasteiger partial charge in [-0.05, 0) is 44.5 Å². The van der Waals surface area contributed by atoms with Gasteiger partial charge in [-0.2, -0.15) is 5.10 Å². The molecule has 0 atom stereocenters. The van der Waals surface area contributed by atoms with Crippen LogP contribution < -0.4 is 4.74 Å². The summed E-state index contributed by atoms with van der Waals surface area (Å²) in [6, 6.07) is 6.73. The molecular formula is C22H30ClN3O5S. The summed E-state index contributed by atoms with van der Waals surface area (Å²) in [5, 5.41) is 3.94. The van der Waals surface area contributed by atoms with Crippen LogP contribution in [-0.2, 0) is 21.9 Å². The first-order valence-corrected chi connectivity index (χ1v) is 12.5. The van der Waals surface area contributed by atoms with Gasteiger partial charge in [0.2, 0.25) is 5.91 Å². The number of benzene rings is 1. The zero-order valence-corrected chi connectivity index (χ0v) is 20.5. The number of aromatic nitrogens is 2. The molecule has 8 nitrogen and oxygen atoms in total. The van der Waals surface area contributed by atoms with E-state index in [1.165, 1.54) is 18.7 Å². The van der Waals surface area contributed by atoms with E-state index in [-0.39, 0.29) is 40.9 Å². The van der Waals surface area contributed by atoms with Gasteiger partial charge in [0.05, 0.1) is 12.3 Å². The molecule has 2 rings (SSSR count). The van der Waals surface area contributed by atoms with Crippen LogP contribution in [0, 0.1) is 6.92 Å². The highest BCUT2D eigenvalue weighted by molar-refractivity contribution is 7.89. The van der Waals surface area contributed by atoms with Crippen LogP contribution >= 0.6 is 11.6 Å². The number of hydrogen-bond acceptors (Lipinski definition) is 6. The molecule has 2 aromatic rings. The number of Topliss-reactive ketones (excluding diaryl/α,β-unsaturated/α-hetero) is 1. The van der Waals surface area contributed by atoms with E-state index in [4.69, 9.17) is 16.3 Å². The van der Waals surface area contributed by atoms with Gasteiger partial charge in [0.25, 0.3) is 10.0 Å². The fraction of sp³-hybridized carbons (Fsp3) is 0.500. The first-order valence-electron chi connectivity index (χ1n) is 10.6. The van der Waals surface area contributed by atoms with E-state index in [0.29, 0.717) is 17.9 Å². The standard InChI is InChI=1S/C22H30ClN3O5S/c1-5-7-8-15-31-18-11-9-17(10-12-18)19(27)13-14-20(28)26(6-2)32(29,30)21-16(3)24-25(4)22(21)23/h9-12H,5-8,13-15H2,1-4H3. The smallest absolute Gasteiger partial charge is 0.271 e. The molecule has 0 N–H and O–H groups in total. The molecule has 0 aliphatic rings. The van der Waals surface area contributed by atoms with Crippen LogP contribution in [0.1, 0.15) is 62.0 Å². The van der Waals surface area contributed by atoms with Crippen LogP contribution in [0.3, 0.4) is 0 Å². The Kier molecular flexibility index (Phi) is 9.27. The highest BCUT2D eigenvalue weighted by Crippen LogP contribution is 2.28. The lowest BCUT2D eigenvalue weighted by Crippen LogP contribution is -2.37. The molecule has 10 heteroatoms. The third-order valence-electron chi connectivity index (χ3n) is 4.97. The zero-order valence-electron chi connectivity index (χ0n) is 18.9. The van der Waals surface area contributed by atoms with E-state index in [0.717, 1.165) is 23.6 Å². The molecule has 1 amide bonds. The molecule has 0 fully saturated rings. The fourth-order valence-corrected chi connectivity index (χ4v) is 5.41. The van der Waals surface area contributed by atoms with Crippen LogP contribution in [0.2, 0.25) is 5.15 Å². The second-order valence-corrected chi connectivity index (χ2v) is 9.55. The second-order valence-electron chi connectivity index (χ2n) is 7.40. The Balaban J connectivity index is 2.01.